The van der Waals surface area contributed by atoms with Gasteiger partial charge in [0, 0.05) is 5.39 Å². The predicted octanol–water partition coefficient (Wildman–Crippen LogP) is 2.22. The van der Waals surface area contributed by atoms with Crippen LogP contribution in [0.2, 0.25) is 0 Å². The van der Waals surface area contributed by atoms with Crippen molar-refractivity contribution >= 4 is 23.6 Å². The number of aliphatic hydroxyl groups is 1. The molecule has 5 heteroatoms. The van der Waals surface area contributed by atoms with Gasteiger partial charge in [-0.3, -0.25) is 0 Å². The van der Waals surface area contributed by atoms with Crippen LogP contribution in [0.15, 0.2) is 28.7 Å². The zero-order valence-corrected chi connectivity index (χ0v) is 12.3. The van der Waals surface area contributed by atoms with E-state index in [4.69, 9.17) is 18.8 Å². The molecule has 0 saturated carbocycles. The highest BCUT2D eigenvalue weighted by molar-refractivity contribution is 6.62. The summed E-state index contributed by atoms with van der Waals surface area (Å²) in [6.07, 6.45) is 0. The summed E-state index contributed by atoms with van der Waals surface area (Å²) in [5.74, 6) is 0.561. The third kappa shape index (κ3) is 2.06. The third-order valence-electron chi connectivity index (χ3n) is 4.27. The molecule has 1 fully saturated rings. The van der Waals surface area contributed by atoms with E-state index in [1.807, 2.05) is 52.0 Å². The Morgan fingerprint density at radius 2 is 1.70 bits per heavy atom. The van der Waals surface area contributed by atoms with Crippen molar-refractivity contribution in [1.82, 2.24) is 0 Å². The van der Waals surface area contributed by atoms with Crippen molar-refractivity contribution in [1.29, 1.82) is 0 Å². The van der Waals surface area contributed by atoms with E-state index < -0.39 is 0 Å². The molecular weight excluding hydrogens is 255 g/mol. The SMILES string of the molecule is CC1(C)OB(c2ccc3oc(CO)cc3c2)OC1(C)C. The van der Waals surface area contributed by atoms with Crippen molar-refractivity contribution in [3.8, 4) is 0 Å². The summed E-state index contributed by atoms with van der Waals surface area (Å²) in [5, 5.41) is 10.1. The Morgan fingerprint density at radius 3 is 2.30 bits per heavy atom. The number of benzene rings is 1. The number of hydrogen-bond acceptors (Lipinski definition) is 4. The first kappa shape index (κ1) is 13.7. The minimum absolute atomic E-state index is 0.0967. The molecule has 0 amide bonds. The topological polar surface area (TPSA) is 51.8 Å². The lowest BCUT2D eigenvalue weighted by atomic mass is 9.79. The number of furan rings is 1. The molecule has 0 aliphatic carbocycles. The summed E-state index contributed by atoms with van der Waals surface area (Å²) in [6, 6.07) is 7.65. The maximum atomic E-state index is 9.11. The van der Waals surface area contributed by atoms with Crippen molar-refractivity contribution in [3.05, 3.63) is 30.0 Å². The Balaban J connectivity index is 1.95. The molecule has 0 spiro atoms. The fourth-order valence-electron chi connectivity index (χ4n) is 2.32. The summed E-state index contributed by atoms with van der Waals surface area (Å²) in [4.78, 5) is 0. The second-order valence-corrected chi connectivity index (χ2v) is 6.26. The van der Waals surface area contributed by atoms with Crippen LogP contribution in [0.4, 0.5) is 0 Å². The van der Waals surface area contributed by atoms with Crippen molar-refractivity contribution in [3.63, 3.8) is 0 Å². The molecule has 0 atom stereocenters. The maximum Gasteiger partial charge on any atom is 0.494 e. The van der Waals surface area contributed by atoms with E-state index >= 15 is 0 Å². The molecule has 0 unspecified atom stereocenters. The average Bonchev–Trinajstić information content (AvgIpc) is 2.87. The van der Waals surface area contributed by atoms with Gasteiger partial charge in [-0.05, 0) is 45.3 Å². The van der Waals surface area contributed by atoms with Crippen LogP contribution in [0.1, 0.15) is 33.5 Å². The molecule has 1 aliphatic rings. The molecule has 0 radical (unpaired) electrons. The molecule has 106 valence electrons. The Kier molecular flexibility index (Phi) is 2.97. The first-order chi connectivity index (χ1) is 9.32. The minimum atomic E-state index is -0.378. The second-order valence-electron chi connectivity index (χ2n) is 6.26. The zero-order valence-electron chi connectivity index (χ0n) is 12.3. The Bertz CT molecular complexity index is 628. The number of aliphatic hydroxyl groups excluding tert-OH is 1. The van der Waals surface area contributed by atoms with Gasteiger partial charge in [-0.2, -0.15) is 0 Å². The number of fused-ring (bicyclic) bond motifs is 1. The van der Waals surface area contributed by atoms with Crippen LogP contribution < -0.4 is 5.46 Å². The second kappa shape index (κ2) is 4.35. The first-order valence-corrected chi connectivity index (χ1v) is 6.81. The zero-order chi connectivity index (χ0) is 14.5. The highest BCUT2D eigenvalue weighted by Crippen LogP contribution is 2.36. The summed E-state index contributed by atoms with van der Waals surface area (Å²) in [6.45, 7) is 8.04. The van der Waals surface area contributed by atoms with Gasteiger partial charge in [0.1, 0.15) is 18.0 Å². The van der Waals surface area contributed by atoms with Crippen LogP contribution in [0.5, 0.6) is 0 Å². The van der Waals surface area contributed by atoms with Gasteiger partial charge in [-0.25, -0.2) is 0 Å². The van der Waals surface area contributed by atoms with E-state index in [0.29, 0.717) is 5.76 Å². The minimum Gasteiger partial charge on any atom is -0.459 e. The fourth-order valence-corrected chi connectivity index (χ4v) is 2.32. The third-order valence-corrected chi connectivity index (χ3v) is 4.27. The Hall–Kier alpha value is -1.30. The predicted molar refractivity (Wildman–Crippen MR) is 77.9 cm³/mol. The quantitative estimate of drug-likeness (QED) is 0.853. The molecule has 2 heterocycles. The molecule has 4 nitrogen and oxygen atoms in total. The van der Waals surface area contributed by atoms with E-state index in [1.54, 1.807) is 0 Å². The van der Waals surface area contributed by atoms with Crippen molar-refractivity contribution in [2.75, 3.05) is 0 Å². The van der Waals surface area contributed by atoms with Crippen LogP contribution in [0.25, 0.3) is 11.0 Å². The van der Waals surface area contributed by atoms with Crippen LogP contribution in [0, 0.1) is 0 Å². The van der Waals surface area contributed by atoms with E-state index in [9.17, 15) is 0 Å². The molecule has 1 aromatic heterocycles. The van der Waals surface area contributed by atoms with Crippen LogP contribution >= 0.6 is 0 Å². The Labute approximate surface area is 118 Å². The highest BCUT2D eigenvalue weighted by Gasteiger charge is 2.51. The summed E-state index contributed by atoms with van der Waals surface area (Å²) in [5.41, 5.74) is 1.02. The lowest BCUT2D eigenvalue weighted by molar-refractivity contribution is 0.00578. The normalized spacial score (nSPS) is 20.8. The average molecular weight is 274 g/mol. The Morgan fingerprint density at radius 1 is 1.05 bits per heavy atom. The van der Waals surface area contributed by atoms with Gasteiger partial charge in [0.2, 0.25) is 0 Å². The van der Waals surface area contributed by atoms with Crippen molar-refractivity contribution < 1.29 is 18.8 Å². The smallest absolute Gasteiger partial charge is 0.459 e. The van der Waals surface area contributed by atoms with Gasteiger partial charge in [0.05, 0.1) is 11.2 Å². The molecule has 20 heavy (non-hydrogen) atoms. The monoisotopic (exact) mass is 274 g/mol. The molecule has 0 bridgehead atoms. The molecule has 3 rings (SSSR count). The van der Waals surface area contributed by atoms with Gasteiger partial charge in [0.25, 0.3) is 0 Å². The van der Waals surface area contributed by atoms with Crippen LogP contribution in [-0.2, 0) is 15.9 Å². The summed E-state index contributed by atoms with van der Waals surface area (Å²) >= 11 is 0. The summed E-state index contributed by atoms with van der Waals surface area (Å²) < 4.78 is 17.5. The van der Waals surface area contributed by atoms with E-state index in [2.05, 4.69) is 0 Å². The van der Waals surface area contributed by atoms with Gasteiger partial charge < -0.3 is 18.8 Å². The molecule has 1 aliphatic heterocycles. The standard InChI is InChI=1S/C15H19BO4/c1-14(2)15(3,4)20-16(19-14)11-5-6-13-10(7-11)8-12(9-17)18-13/h5-8,17H,9H2,1-4H3. The molecular formula is C15H19BO4. The van der Waals surface area contributed by atoms with Crippen LogP contribution in [0.3, 0.4) is 0 Å². The number of rotatable bonds is 2. The van der Waals surface area contributed by atoms with Crippen molar-refractivity contribution in [2.45, 2.75) is 45.5 Å². The lowest BCUT2D eigenvalue weighted by Crippen LogP contribution is -2.41. The van der Waals surface area contributed by atoms with E-state index in [0.717, 1.165) is 16.4 Å². The lowest BCUT2D eigenvalue weighted by Gasteiger charge is -2.32. The fraction of sp³-hybridized carbons (Fsp3) is 0.467. The van der Waals surface area contributed by atoms with E-state index in [-0.39, 0.29) is 24.9 Å². The largest absolute Gasteiger partial charge is 0.494 e. The molecule has 1 N–H and O–H groups in total. The maximum absolute atomic E-state index is 9.11. The molecule has 1 aromatic carbocycles. The summed E-state index contributed by atoms with van der Waals surface area (Å²) in [7, 11) is -0.378. The van der Waals surface area contributed by atoms with E-state index in [1.165, 1.54) is 0 Å². The molecule has 2 aromatic rings. The van der Waals surface area contributed by atoms with Crippen LogP contribution in [-0.4, -0.2) is 23.4 Å². The number of hydrogen-bond donors (Lipinski definition) is 1. The first-order valence-electron chi connectivity index (χ1n) is 6.81. The van der Waals surface area contributed by atoms with Gasteiger partial charge in [-0.15, -0.1) is 0 Å². The highest BCUT2D eigenvalue weighted by atomic mass is 16.7. The molecule has 1 saturated heterocycles. The van der Waals surface area contributed by atoms with Gasteiger partial charge in [-0.1, -0.05) is 12.1 Å². The van der Waals surface area contributed by atoms with Crippen molar-refractivity contribution in [2.24, 2.45) is 0 Å². The van der Waals surface area contributed by atoms with Gasteiger partial charge in [0.15, 0.2) is 0 Å². The van der Waals surface area contributed by atoms with Gasteiger partial charge >= 0.3 is 7.12 Å².